The van der Waals surface area contributed by atoms with Crippen LogP contribution in [0.4, 0.5) is 0 Å². The molecule has 1 unspecified atom stereocenters. The van der Waals surface area contributed by atoms with Crippen molar-refractivity contribution in [3.05, 3.63) is 70.5 Å². The minimum Gasteiger partial charge on any atom is -0.457 e. The van der Waals surface area contributed by atoms with E-state index in [1.807, 2.05) is 0 Å². The van der Waals surface area contributed by atoms with E-state index in [2.05, 4.69) is 11.5 Å². The minimum absolute atomic E-state index is 0.0313. The van der Waals surface area contributed by atoms with Gasteiger partial charge in [-0.15, -0.1) is 0 Å². The van der Waals surface area contributed by atoms with Gasteiger partial charge < -0.3 is 26.4 Å². The summed E-state index contributed by atoms with van der Waals surface area (Å²) >= 11 is 5.87. The number of benzene rings is 2. The highest BCUT2D eigenvalue weighted by atomic mass is 35.5. The van der Waals surface area contributed by atoms with Gasteiger partial charge in [0.25, 0.3) is 5.91 Å². The molecule has 1 aliphatic heterocycles. The maximum atomic E-state index is 12.1. The Morgan fingerprint density at radius 1 is 1.16 bits per heavy atom. The highest BCUT2D eigenvalue weighted by Gasteiger charge is 2.23. The number of primary amides is 1. The van der Waals surface area contributed by atoms with E-state index in [0.29, 0.717) is 35.2 Å². The number of carbonyl (C=O) groups is 1. The van der Waals surface area contributed by atoms with Gasteiger partial charge in [0.05, 0.1) is 5.71 Å². The van der Waals surface area contributed by atoms with Crippen molar-refractivity contribution in [1.82, 2.24) is 10.2 Å². The van der Waals surface area contributed by atoms with Gasteiger partial charge >= 0.3 is 0 Å². The van der Waals surface area contributed by atoms with Gasteiger partial charge in [0.2, 0.25) is 0 Å². The molecule has 2 aromatic rings. The summed E-state index contributed by atoms with van der Waals surface area (Å²) in [6.45, 7) is 1.18. The van der Waals surface area contributed by atoms with Crippen molar-refractivity contribution in [1.29, 1.82) is 10.7 Å². The number of nitrogens with two attached hydrogens (primary N) is 2. The molecule has 3 rings (SSSR count). The molecule has 1 aliphatic rings. The van der Waals surface area contributed by atoms with Gasteiger partial charge in [-0.05, 0) is 61.4 Å². The van der Waals surface area contributed by atoms with Crippen LogP contribution in [-0.2, 0) is 4.79 Å². The third kappa shape index (κ3) is 5.68. The number of nitrogens with zero attached hydrogens (tertiary/aromatic N) is 2. The lowest BCUT2D eigenvalue weighted by molar-refractivity contribution is -0.114. The van der Waals surface area contributed by atoms with Crippen molar-refractivity contribution in [2.75, 3.05) is 13.1 Å². The van der Waals surface area contributed by atoms with Gasteiger partial charge in [-0.1, -0.05) is 11.6 Å². The topological polar surface area (TPSA) is 141 Å². The lowest BCUT2D eigenvalue weighted by Gasteiger charge is -2.30. The molecule has 31 heavy (non-hydrogen) atoms. The predicted molar refractivity (Wildman–Crippen MR) is 119 cm³/mol. The molecule has 2 aromatic carbocycles. The van der Waals surface area contributed by atoms with Crippen LogP contribution in [0, 0.1) is 16.9 Å². The van der Waals surface area contributed by atoms with Crippen molar-refractivity contribution in [2.45, 2.75) is 18.9 Å². The molecule has 0 aromatic heterocycles. The molecule has 1 saturated heterocycles. The molecule has 0 saturated carbocycles. The van der Waals surface area contributed by atoms with Crippen LogP contribution in [0.3, 0.4) is 0 Å². The number of rotatable bonds is 7. The lowest BCUT2D eigenvalue weighted by Crippen LogP contribution is -2.46. The molecule has 0 aliphatic carbocycles. The zero-order chi connectivity index (χ0) is 22.4. The molecule has 0 bridgehead atoms. The molecular weight excluding hydrogens is 416 g/mol. The average Bonchev–Trinajstić information content (AvgIpc) is 2.75. The minimum atomic E-state index is -0.801. The fourth-order valence-electron chi connectivity index (χ4n) is 3.34. The number of hydrogen-bond donors (Lipinski definition) is 4. The quantitative estimate of drug-likeness (QED) is 0.297. The zero-order valence-corrected chi connectivity index (χ0v) is 17.5. The van der Waals surface area contributed by atoms with Crippen molar-refractivity contribution in [3.63, 3.8) is 0 Å². The zero-order valence-electron chi connectivity index (χ0n) is 16.8. The van der Waals surface area contributed by atoms with Crippen LogP contribution in [0.1, 0.15) is 18.4 Å². The molecule has 160 valence electrons. The maximum absolute atomic E-state index is 12.1. The number of hydrogen-bond acceptors (Lipinski definition) is 7. The lowest BCUT2D eigenvalue weighted by atomic mass is 10.0. The number of piperidine rings is 1. The molecular formula is C22H23ClN6O2. The monoisotopic (exact) mass is 438 g/mol. The largest absolute Gasteiger partial charge is 0.457 e. The third-order valence-corrected chi connectivity index (χ3v) is 5.13. The molecule has 9 heteroatoms. The van der Waals surface area contributed by atoms with E-state index in [0.717, 1.165) is 12.8 Å². The van der Waals surface area contributed by atoms with E-state index in [-0.39, 0.29) is 23.1 Å². The van der Waals surface area contributed by atoms with Crippen LogP contribution in [-0.4, -0.2) is 35.7 Å². The first-order chi connectivity index (χ1) is 14.9. The van der Waals surface area contributed by atoms with Gasteiger partial charge in [-0.25, -0.2) is 0 Å². The first-order valence-electron chi connectivity index (χ1n) is 9.71. The number of nitrogens with one attached hydrogen (secondary N) is 2. The molecule has 8 nitrogen and oxygen atoms in total. The number of nitriles is 1. The molecule has 1 amide bonds. The van der Waals surface area contributed by atoms with Crippen molar-refractivity contribution in [2.24, 2.45) is 11.5 Å². The van der Waals surface area contributed by atoms with E-state index in [9.17, 15) is 4.79 Å². The number of halogens is 1. The van der Waals surface area contributed by atoms with Crippen molar-refractivity contribution < 1.29 is 9.53 Å². The van der Waals surface area contributed by atoms with E-state index in [4.69, 9.17) is 38.5 Å². The Morgan fingerprint density at radius 2 is 1.77 bits per heavy atom. The highest BCUT2D eigenvalue weighted by molar-refractivity contribution is 6.30. The summed E-state index contributed by atoms with van der Waals surface area (Å²) in [4.78, 5) is 13.7. The Bertz CT molecular complexity index is 1030. The summed E-state index contributed by atoms with van der Waals surface area (Å²) in [7, 11) is 0. The van der Waals surface area contributed by atoms with E-state index in [1.54, 1.807) is 53.4 Å². The second-order valence-corrected chi connectivity index (χ2v) is 7.57. The molecule has 1 atom stereocenters. The summed E-state index contributed by atoms with van der Waals surface area (Å²) < 4.78 is 5.74. The smallest absolute Gasteiger partial charge is 0.254 e. The maximum Gasteiger partial charge on any atom is 0.254 e. The summed E-state index contributed by atoms with van der Waals surface area (Å²) in [5.41, 5.74) is 11.9. The summed E-state index contributed by atoms with van der Waals surface area (Å²) in [6.07, 6.45) is 3.75. The average molecular weight is 439 g/mol. The van der Waals surface area contributed by atoms with E-state index < -0.39 is 5.91 Å². The van der Waals surface area contributed by atoms with Crippen LogP contribution in [0.2, 0.25) is 5.02 Å². The summed E-state index contributed by atoms with van der Waals surface area (Å²) in [5.74, 6) is 0.416. The first kappa shape index (κ1) is 22.0. The summed E-state index contributed by atoms with van der Waals surface area (Å²) in [6, 6.07) is 13.5. The van der Waals surface area contributed by atoms with Crippen LogP contribution in [0.25, 0.3) is 0 Å². The Hall–Kier alpha value is -3.70. The molecule has 0 radical (unpaired) electrons. The number of carbonyl (C=O) groups excluding carboxylic acids is 1. The fraction of sp³-hybridized carbons (Fsp3) is 0.227. The third-order valence-electron chi connectivity index (χ3n) is 4.88. The second kappa shape index (κ2) is 9.87. The summed E-state index contributed by atoms with van der Waals surface area (Å²) in [5, 5.41) is 21.2. The van der Waals surface area contributed by atoms with Crippen molar-refractivity contribution in [3.8, 4) is 17.7 Å². The molecule has 0 spiro atoms. The van der Waals surface area contributed by atoms with Gasteiger partial charge in [0.15, 0.2) is 6.19 Å². The van der Waals surface area contributed by atoms with Gasteiger partial charge in [-0.2, -0.15) is 5.26 Å². The number of likely N-dealkylation sites (tertiary alicyclic amines) is 1. The number of amides is 1. The fourth-order valence-corrected chi connectivity index (χ4v) is 3.47. The Kier molecular flexibility index (Phi) is 7.00. The van der Waals surface area contributed by atoms with Crippen molar-refractivity contribution >= 4 is 23.2 Å². The first-order valence-corrected chi connectivity index (χ1v) is 10.1. The van der Waals surface area contributed by atoms with Gasteiger partial charge in [0, 0.05) is 29.7 Å². The SMILES string of the molecule is N#CN1CCCC(N/C(N)=C(\C(=N)c2ccc(Oc3ccc(Cl)cc3)cc2)C(N)=O)C1. The normalized spacial score (nSPS) is 16.6. The predicted octanol–water partition coefficient (Wildman–Crippen LogP) is 2.69. The van der Waals surface area contributed by atoms with Crippen LogP contribution < -0.4 is 21.5 Å². The van der Waals surface area contributed by atoms with E-state index >= 15 is 0 Å². The molecule has 6 N–H and O–H groups in total. The Morgan fingerprint density at radius 3 is 2.35 bits per heavy atom. The van der Waals surface area contributed by atoms with Crippen LogP contribution in [0.15, 0.2) is 59.9 Å². The van der Waals surface area contributed by atoms with Gasteiger partial charge in [-0.3, -0.25) is 10.2 Å². The van der Waals surface area contributed by atoms with Crippen LogP contribution in [0.5, 0.6) is 11.5 Å². The Labute approximate surface area is 185 Å². The van der Waals surface area contributed by atoms with Crippen LogP contribution >= 0.6 is 11.6 Å². The molecule has 1 heterocycles. The standard InChI is InChI=1S/C22H23ClN6O2/c23-15-5-9-18(10-6-15)31-17-7-3-14(4-8-17)20(25)19(22(27)30)21(26)28-16-2-1-11-29(12-16)13-24/h3-10,16,25,28H,1-2,11-12,26H2,(H2,27,30)/b21-19+,25-20?. The highest BCUT2D eigenvalue weighted by Crippen LogP contribution is 2.24. The number of ether oxygens (including phenoxy) is 1. The van der Waals surface area contributed by atoms with E-state index in [1.165, 1.54) is 0 Å². The second-order valence-electron chi connectivity index (χ2n) is 7.14. The Balaban J connectivity index is 1.74. The molecule has 1 fully saturated rings. The van der Waals surface area contributed by atoms with Gasteiger partial charge in [0.1, 0.15) is 22.9 Å².